The van der Waals surface area contributed by atoms with Crippen molar-refractivity contribution in [3.05, 3.63) is 89.6 Å². The summed E-state index contributed by atoms with van der Waals surface area (Å²) >= 11 is 1.65. The fourth-order valence-corrected chi connectivity index (χ4v) is 3.45. The van der Waals surface area contributed by atoms with E-state index in [0.717, 1.165) is 21.8 Å². The zero-order valence-corrected chi connectivity index (χ0v) is 13.6. The summed E-state index contributed by atoms with van der Waals surface area (Å²) < 4.78 is 0. The quantitative estimate of drug-likeness (QED) is 0.533. The maximum Gasteiger partial charge on any atom is 0.193 e. The minimum absolute atomic E-state index is 0.0272. The molecule has 3 nitrogen and oxygen atoms in total. The first-order valence-electron chi connectivity index (χ1n) is 7.60. The normalized spacial score (nSPS) is 10.7. The summed E-state index contributed by atoms with van der Waals surface area (Å²) in [6.45, 7) is 0. The zero-order chi connectivity index (χ0) is 16.4. The van der Waals surface area contributed by atoms with Crippen LogP contribution in [0.25, 0.3) is 21.8 Å². The van der Waals surface area contributed by atoms with Gasteiger partial charge in [-0.05, 0) is 23.6 Å². The highest BCUT2D eigenvalue weighted by Gasteiger charge is 2.15. The van der Waals surface area contributed by atoms with Crippen LogP contribution in [0.5, 0.6) is 0 Å². The molecule has 4 aromatic rings. The largest absolute Gasteiger partial charge is 0.345 e. The van der Waals surface area contributed by atoms with Gasteiger partial charge in [0.25, 0.3) is 0 Å². The smallest absolute Gasteiger partial charge is 0.193 e. The highest BCUT2D eigenvalue weighted by molar-refractivity contribution is 7.13. The number of rotatable bonds is 4. The number of H-pyrrole nitrogens is 1. The lowest BCUT2D eigenvalue weighted by Gasteiger charge is -2.09. The lowest BCUT2D eigenvalue weighted by Crippen LogP contribution is -2.01. The number of benzene rings is 2. The van der Waals surface area contributed by atoms with E-state index in [-0.39, 0.29) is 5.78 Å². The first kappa shape index (κ1) is 14.6. The second kappa shape index (κ2) is 6.26. The van der Waals surface area contributed by atoms with Gasteiger partial charge in [0.05, 0.1) is 0 Å². The van der Waals surface area contributed by atoms with Crippen molar-refractivity contribution in [1.29, 1.82) is 0 Å². The minimum Gasteiger partial charge on any atom is -0.345 e. The standard InChI is InChI=1S/C20H14N2OS/c23-19(14-5-2-1-3-6-14)15-8-9-16(20-21-10-11-22-20)17(13-15)18-7-4-12-24-18/h1-13H,(H,21,22). The highest BCUT2D eigenvalue weighted by atomic mass is 32.1. The maximum absolute atomic E-state index is 12.7. The Labute approximate surface area is 143 Å². The van der Waals surface area contributed by atoms with E-state index >= 15 is 0 Å². The fraction of sp³-hybridized carbons (Fsp3) is 0. The van der Waals surface area contributed by atoms with Crippen LogP contribution in [-0.2, 0) is 0 Å². The van der Waals surface area contributed by atoms with Gasteiger partial charge >= 0.3 is 0 Å². The zero-order valence-electron chi connectivity index (χ0n) is 12.8. The Balaban J connectivity index is 1.84. The van der Waals surface area contributed by atoms with Crippen LogP contribution in [0.1, 0.15) is 15.9 Å². The molecule has 4 rings (SSSR count). The molecule has 0 aliphatic carbocycles. The molecule has 2 aromatic heterocycles. The monoisotopic (exact) mass is 330 g/mol. The summed E-state index contributed by atoms with van der Waals surface area (Å²) in [6.07, 6.45) is 3.53. The Morgan fingerprint density at radius 1 is 0.917 bits per heavy atom. The number of aromatic amines is 1. The number of nitrogens with zero attached hydrogens (tertiary/aromatic N) is 1. The molecule has 116 valence electrons. The molecule has 0 aliphatic rings. The van der Waals surface area contributed by atoms with Crippen LogP contribution >= 0.6 is 11.3 Å². The third kappa shape index (κ3) is 2.68. The Hall–Kier alpha value is -2.98. The molecular formula is C20H14N2OS. The Morgan fingerprint density at radius 2 is 1.79 bits per heavy atom. The molecule has 0 atom stereocenters. The number of nitrogens with one attached hydrogen (secondary N) is 1. The molecule has 0 aliphatic heterocycles. The average molecular weight is 330 g/mol. The van der Waals surface area contributed by atoms with E-state index in [1.54, 1.807) is 23.7 Å². The fourth-order valence-electron chi connectivity index (χ4n) is 2.70. The van der Waals surface area contributed by atoms with Gasteiger partial charge in [-0.3, -0.25) is 4.79 Å². The summed E-state index contributed by atoms with van der Waals surface area (Å²) in [5.74, 6) is 0.830. The minimum atomic E-state index is 0.0272. The predicted molar refractivity (Wildman–Crippen MR) is 97.2 cm³/mol. The summed E-state index contributed by atoms with van der Waals surface area (Å²) in [6, 6.07) is 19.2. The first-order chi connectivity index (χ1) is 11.8. The van der Waals surface area contributed by atoms with Crippen molar-refractivity contribution in [1.82, 2.24) is 9.97 Å². The van der Waals surface area contributed by atoms with E-state index in [9.17, 15) is 4.79 Å². The molecule has 0 saturated carbocycles. The van der Waals surface area contributed by atoms with Gasteiger partial charge in [-0.15, -0.1) is 11.3 Å². The summed E-state index contributed by atoms with van der Waals surface area (Å²) in [5, 5.41) is 2.03. The van der Waals surface area contributed by atoms with Gasteiger partial charge in [0.1, 0.15) is 5.82 Å². The lowest BCUT2D eigenvalue weighted by molar-refractivity contribution is 0.103. The molecule has 2 aromatic carbocycles. The molecule has 24 heavy (non-hydrogen) atoms. The third-order valence-electron chi connectivity index (χ3n) is 3.86. The number of hydrogen-bond acceptors (Lipinski definition) is 3. The molecule has 0 fully saturated rings. The molecule has 0 radical (unpaired) electrons. The SMILES string of the molecule is O=C(c1ccccc1)c1ccc(-c2ncc[nH]2)c(-c2cccs2)c1. The average Bonchev–Trinajstić information content (AvgIpc) is 3.35. The molecule has 0 bridgehead atoms. The van der Waals surface area contributed by atoms with E-state index in [0.29, 0.717) is 11.1 Å². The number of hydrogen-bond donors (Lipinski definition) is 1. The molecule has 0 unspecified atom stereocenters. The lowest BCUT2D eigenvalue weighted by atomic mass is 9.97. The van der Waals surface area contributed by atoms with E-state index in [1.165, 1.54) is 0 Å². The van der Waals surface area contributed by atoms with Crippen molar-refractivity contribution in [3.8, 4) is 21.8 Å². The van der Waals surface area contributed by atoms with Crippen molar-refractivity contribution in [3.63, 3.8) is 0 Å². The van der Waals surface area contributed by atoms with E-state index in [4.69, 9.17) is 0 Å². The number of carbonyl (C=O) groups excluding carboxylic acids is 1. The van der Waals surface area contributed by atoms with Gasteiger partial charge in [-0.1, -0.05) is 42.5 Å². The summed E-state index contributed by atoms with van der Waals surface area (Å²) in [4.78, 5) is 21.4. The highest BCUT2D eigenvalue weighted by Crippen LogP contribution is 2.34. The van der Waals surface area contributed by atoms with Gasteiger partial charge in [0.2, 0.25) is 0 Å². The number of carbonyl (C=O) groups is 1. The van der Waals surface area contributed by atoms with Crippen molar-refractivity contribution in [2.45, 2.75) is 0 Å². The molecule has 4 heteroatoms. The van der Waals surface area contributed by atoms with Gasteiger partial charge in [0.15, 0.2) is 5.78 Å². The van der Waals surface area contributed by atoms with Crippen molar-refractivity contribution < 1.29 is 4.79 Å². The van der Waals surface area contributed by atoms with Gasteiger partial charge in [-0.25, -0.2) is 4.98 Å². The van der Waals surface area contributed by atoms with Crippen LogP contribution in [0.2, 0.25) is 0 Å². The molecule has 1 N–H and O–H groups in total. The van der Waals surface area contributed by atoms with Gasteiger partial charge < -0.3 is 4.98 Å². The summed E-state index contributed by atoms with van der Waals surface area (Å²) in [5.41, 5.74) is 3.38. The Kier molecular flexibility index (Phi) is 3.81. The third-order valence-corrected chi connectivity index (χ3v) is 4.76. The number of thiophene rings is 1. The number of imidazole rings is 1. The second-order valence-electron chi connectivity index (χ2n) is 5.37. The molecule has 0 saturated heterocycles. The maximum atomic E-state index is 12.7. The van der Waals surface area contributed by atoms with Gasteiger partial charge in [-0.2, -0.15) is 0 Å². The van der Waals surface area contributed by atoms with E-state index in [2.05, 4.69) is 16.0 Å². The van der Waals surface area contributed by atoms with Crippen LogP contribution in [0.4, 0.5) is 0 Å². The number of aromatic nitrogens is 2. The number of ketones is 1. The topological polar surface area (TPSA) is 45.8 Å². The molecule has 2 heterocycles. The molecular weight excluding hydrogens is 316 g/mol. The van der Waals surface area contributed by atoms with Crippen molar-refractivity contribution >= 4 is 17.1 Å². The Morgan fingerprint density at radius 3 is 2.50 bits per heavy atom. The second-order valence-corrected chi connectivity index (χ2v) is 6.32. The van der Waals surface area contributed by atoms with Gasteiger partial charge in [0, 0.05) is 39.5 Å². The van der Waals surface area contributed by atoms with E-state index in [1.807, 2.05) is 60.0 Å². The van der Waals surface area contributed by atoms with Crippen LogP contribution in [0.15, 0.2) is 78.4 Å². The van der Waals surface area contributed by atoms with Crippen LogP contribution < -0.4 is 0 Å². The van der Waals surface area contributed by atoms with Crippen molar-refractivity contribution in [2.24, 2.45) is 0 Å². The van der Waals surface area contributed by atoms with E-state index < -0.39 is 0 Å². The predicted octanol–water partition coefficient (Wildman–Crippen LogP) is 5.04. The van der Waals surface area contributed by atoms with Crippen LogP contribution in [0, 0.1) is 0 Å². The van der Waals surface area contributed by atoms with Crippen LogP contribution in [-0.4, -0.2) is 15.8 Å². The molecule has 0 spiro atoms. The van der Waals surface area contributed by atoms with Crippen molar-refractivity contribution in [2.75, 3.05) is 0 Å². The Bertz CT molecular complexity index is 958. The molecule has 0 amide bonds. The first-order valence-corrected chi connectivity index (χ1v) is 8.48. The summed E-state index contributed by atoms with van der Waals surface area (Å²) in [7, 11) is 0. The van der Waals surface area contributed by atoms with Crippen LogP contribution in [0.3, 0.4) is 0 Å².